The third-order valence-electron chi connectivity index (χ3n) is 5.39. The molecule has 0 fully saturated rings. The summed E-state index contributed by atoms with van der Waals surface area (Å²) < 4.78 is 28.1. The first kappa shape index (κ1) is 22.3. The lowest BCUT2D eigenvalue weighted by Crippen LogP contribution is -2.55. The number of carboxylic acid groups (broad SMARTS) is 1. The lowest BCUT2D eigenvalue weighted by Gasteiger charge is -2.35. The fourth-order valence-corrected chi connectivity index (χ4v) is 5.34. The monoisotopic (exact) mass is 448 g/mol. The van der Waals surface area contributed by atoms with Crippen LogP contribution in [0.4, 0.5) is 0 Å². The van der Waals surface area contributed by atoms with Gasteiger partial charge in [-0.25, -0.2) is 13.2 Å². The van der Waals surface area contributed by atoms with Gasteiger partial charge in [0.1, 0.15) is 12.1 Å². The minimum absolute atomic E-state index is 0.0299. The van der Waals surface area contributed by atoms with E-state index < -0.39 is 34.0 Å². The summed E-state index contributed by atoms with van der Waals surface area (Å²) in [5.41, 5.74) is 3.47. The van der Waals surface area contributed by atoms with Crippen LogP contribution in [0.25, 0.3) is 0 Å². The molecule has 0 bridgehead atoms. The van der Waals surface area contributed by atoms with Crippen LogP contribution in [-0.2, 0) is 32.6 Å². The van der Waals surface area contributed by atoms with Gasteiger partial charge in [-0.3, -0.25) is 4.79 Å². The van der Waals surface area contributed by atoms with E-state index in [1.807, 2.05) is 38.1 Å². The molecule has 2 aromatic carbocycles. The number of thiol groups is 1. The zero-order chi connectivity index (χ0) is 22.1. The molecule has 2 atom stereocenters. The summed E-state index contributed by atoms with van der Waals surface area (Å²) in [6.45, 7) is 3.75. The maximum Gasteiger partial charge on any atom is 0.327 e. The molecule has 1 unspecified atom stereocenters. The third-order valence-corrected chi connectivity index (χ3v) is 7.61. The van der Waals surface area contributed by atoms with Crippen molar-refractivity contribution in [1.82, 2.24) is 9.62 Å². The number of aryl methyl sites for hydroxylation is 2. The van der Waals surface area contributed by atoms with E-state index in [2.05, 4.69) is 17.9 Å². The van der Waals surface area contributed by atoms with Crippen molar-refractivity contribution in [1.29, 1.82) is 0 Å². The first-order valence-electron chi connectivity index (χ1n) is 9.45. The predicted octanol–water partition coefficient (Wildman–Crippen LogP) is 1.92. The number of carbonyl (C=O) groups excluding carboxylic acids is 1. The van der Waals surface area contributed by atoms with Crippen molar-refractivity contribution in [2.45, 2.75) is 43.8 Å². The standard InChI is InChI=1S/C21H24N2O5S2/c1-13-7-8-17(9-14(13)2)30(27,28)23-11-16-6-4-3-5-15(16)10-19(23)20(24)22-18(12-29)21(25)26/h3-9,18-19,29H,10-12H2,1-2H3,(H,22,24)(H,25,26)/t18?,19-/m0/s1. The van der Waals surface area contributed by atoms with E-state index in [0.717, 1.165) is 26.6 Å². The number of hydrogen-bond acceptors (Lipinski definition) is 5. The van der Waals surface area contributed by atoms with Crippen LogP contribution in [0, 0.1) is 13.8 Å². The van der Waals surface area contributed by atoms with E-state index in [-0.39, 0.29) is 23.6 Å². The van der Waals surface area contributed by atoms with Gasteiger partial charge >= 0.3 is 5.97 Å². The van der Waals surface area contributed by atoms with Crippen molar-refractivity contribution >= 4 is 34.5 Å². The lowest BCUT2D eigenvalue weighted by molar-refractivity contribution is -0.141. The van der Waals surface area contributed by atoms with E-state index in [1.54, 1.807) is 12.1 Å². The van der Waals surface area contributed by atoms with Crippen LogP contribution >= 0.6 is 12.6 Å². The van der Waals surface area contributed by atoms with Crippen molar-refractivity contribution in [3.8, 4) is 0 Å². The SMILES string of the molecule is Cc1ccc(S(=O)(=O)N2Cc3ccccc3C[C@H]2C(=O)NC(CS)C(=O)O)cc1C. The highest BCUT2D eigenvalue weighted by Gasteiger charge is 2.40. The first-order valence-corrected chi connectivity index (χ1v) is 11.5. The molecule has 9 heteroatoms. The second-order valence-corrected chi connectivity index (χ2v) is 9.62. The summed E-state index contributed by atoms with van der Waals surface area (Å²) >= 11 is 3.97. The van der Waals surface area contributed by atoms with Gasteiger partial charge in [-0.1, -0.05) is 30.3 Å². The summed E-state index contributed by atoms with van der Waals surface area (Å²) in [5, 5.41) is 11.7. The summed E-state index contributed by atoms with van der Waals surface area (Å²) in [6.07, 6.45) is 0.158. The second kappa shape index (κ2) is 8.79. The highest BCUT2D eigenvalue weighted by atomic mass is 32.2. The van der Waals surface area contributed by atoms with Crippen LogP contribution < -0.4 is 5.32 Å². The average Bonchev–Trinajstić information content (AvgIpc) is 2.72. The van der Waals surface area contributed by atoms with Crippen molar-refractivity contribution in [3.05, 3.63) is 64.7 Å². The van der Waals surface area contributed by atoms with Crippen LogP contribution in [0.15, 0.2) is 47.4 Å². The number of nitrogens with one attached hydrogen (secondary N) is 1. The minimum Gasteiger partial charge on any atom is -0.480 e. The molecule has 0 aromatic heterocycles. The van der Waals surface area contributed by atoms with Crippen LogP contribution in [0.1, 0.15) is 22.3 Å². The van der Waals surface area contributed by atoms with Gasteiger partial charge in [0, 0.05) is 12.3 Å². The summed E-state index contributed by atoms with van der Waals surface area (Å²) in [6, 6.07) is 9.92. The maximum absolute atomic E-state index is 13.5. The number of carbonyl (C=O) groups is 2. The highest BCUT2D eigenvalue weighted by molar-refractivity contribution is 7.89. The topological polar surface area (TPSA) is 104 Å². The molecule has 0 spiro atoms. The van der Waals surface area contributed by atoms with Gasteiger partial charge in [0.05, 0.1) is 4.90 Å². The summed E-state index contributed by atoms with van der Waals surface area (Å²) in [5.74, 6) is -1.98. The number of carboxylic acids is 1. The van der Waals surface area contributed by atoms with E-state index in [4.69, 9.17) is 0 Å². The van der Waals surface area contributed by atoms with E-state index in [9.17, 15) is 23.1 Å². The van der Waals surface area contributed by atoms with Crippen molar-refractivity contribution < 1.29 is 23.1 Å². The zero-order valence-electron chi connectivity index (χ0n) is 16.7. The number of amides is 1. The molecule has 160 valence electrons. The first-order chi connectivity index (χ1) is 14.1. The molecule has 0 saturated heterocycles. The highest BCUT2D eigenvalue weighted by Crippen LogP contribution is 2.30. The Balaban J connectivity index is 2.02. The van der Waals surface area contributed by atoms with Crippen LogP contribution in [0.2, 0.25) is 0 Å². The Morgan fingerprint density at radius 1 is 1.17 bits per heavy atom. The molecule has 1 aliphatic heterocycles. The third kappa shape index (κ3) is 4.38. The number of benzene rings is 2. The number of nitrogens with zero attached hydrogens (tertiary/aromatic N) is 1. The largest absolute Gasteiger partial charge is 0.480 e. The molecule has 2 N–H and O–H groups in total. The van der Waals surface area contributed by atoms with Gasteiger partial charge in [0.25, 0.3) is 0 Å². The molecule has 30 heavy (non-hydrogen) atoms. The maximum atomic E-state index is 13.5. The predicted molar refractivity (Wildman–Crippen MR) is 116 cm³/mol. The molecule has 0 saturated carbocycles. The van der Waals surface area contributed by atoms with E-state index >= 15 is 0 Å². The van der Waals surface area contributed by atoms with Gasteiger partial charge < -0.3 is 10.4 Å². The quantitative estimate of drug-likeness (QED) is 0.586. The molecule has 0 radical (unpaired) electrons. The van der Waals surface area contributed by atoms with E-state index in [1.165, 1.54) is 6.07 Å². The number of rotatable bonds is 6. The smallest absolute Gasteiger partial charge is 0.327 e. The average molecular weight is 449 g/mol. The molecule has 3 rings (SSSR count). The zero-order valence-corrected chi connectivity index (χ0v) is 18.4. The minimum atomic E-state index is -3.99. The number of sulfonamides is 1. The molecule has 1 heterocycles. The van der Waals surface area contributed by atoms with Crippen molar-refractivity contribution in [2.24, 2.45) is 0 Å². The lowest BCUT2D eigenvalue weighted by atomic mass is 9.95. The van der Waals surface area contributed by atoms with Gasteiger partial charge in [-0.05, 0) is 54.7 Å². The summed E-state index contributed by atoms with van der Waals surface area (Å²) in [4.78, 5) is 24.4. The molecule has 1 amide bonds. The van der Waals surface area contributed by atoms with Crippen LogP contribution in [-0.4, -0.2) is 47.5 Å². The summed E-state index contributed by atoms with van der Waals surface area (Å²) in [7, 11) is -3.99. The Morgan fingerprint density at radius 3 is 2.43 bits per heavy atom. The fraction of sp³-hybridized carbons (Fsp3) is 0.333. The Bertz CT molecular complexity index is 1080. The van der Waals surface area contributed by atoms with Gasteiger partial charge in [-0.2, -0.15) is 16.9 Å². The van der Waals surface area contributed by atoms with Crippen molar-refractivity contribution in [3.63, 3.8) is 0 Å². The van der Waals surface area contributed by atoms with Gasteiger partial charge in [0.2, 0.25) is 15.9 Å². The molecule has 7 nitrogen and oxygen atoms in total. The van der Waals surface area contributed by atoms with Gasteiger partial charge in [0.15, 0.2) is 0 Å². The van der Waals surface area contributed by atoms with Crippen LogP contribution in [0.3, 0.4) is 0 Å². The van der Waals surface area contributed by atoms with Crippen molar-refractivity contribution in [2.75, 3.05) is 5.75 Å². The van der Waals surface area contributed by atoms with Gasteiger partial charge in [-0.15, -0.1) is 0 Å². The normalized spacial score (nSPS) is 17.8. The molecule has 1 aliphatic rings. The molecular weight excluding hydrogens is 424 g/mol. The number of fused-ring (bicyclic) bond motifs is 1. The number of aliphatic carboxylic acids is 1. The Morgan fingerprint density at radius 2 is 1.83 bits per heavy atom. The van der Waals surface area contributed by atoms with Crippen LogP contribution in [0.5, 0.6) is 0 Å². The Labute approximate surface area is 181 Å². The number of hydrogen-bond donors (Lipinski definition) is 3. The molecule has 2 aromatic rings. The molecule has 0 aliphatic carbocycles. The Hall–Kier alpha value is -2.36. The molecular formula is C21H24N2O5S2. The second-order valence-electron chi connectivity index (χ2n) is 7.37. The van der Waals surface area contributed by atoms with E-state index in [0.29, 0.717) is 0 Å². The Kier molecular flexibility index (Phi) is 6.54. The fourth-order valence-electron chi connectivity index (χ4n) is 3.44.